The lowest BCUT2D eigenvalue weighted by molar-refractivity contribution is -0.116. The number of fused-ring (bicyclic) bond motifs is 2. The normalized spacial score (nSPS) is 12.6. The van der Waals surface area contributed by atoms with Gasteiger partial charge < -0.3 is 30.5 Å². The lowest BCUT2D eigenvalue weighted by Crippen LogP contribution is -2.16. The summed E-state index contributed by atoms with van der Waals surface area (Å²) in [6.45, 7) is 0.956. The highest BCUT2D eigenvalue weighted by Crippen LogP contribution is 2.38. The minimum absolute atomic E-state index is 0.0361. The zero-order valence-electron chi connectivity index (χ0n) is 15.9. The maximum absolute atomic E-state index is 12.1. The van der Waals surface area contributed by atoms with E-state index in [1.807, 2.05) is 18.2 Å². The van der Waals surface area contributed by atoms with Crippen LogP contribution < -0.4 is 25.4 Å². The average molecular weight is 398 g/mol. The van der Waals surface area contributed by atoms with Crippen LogP contribution in [0.2, 0.25) is 0 Å². The number of aliphatic hydroxyl groups excluding tert-OH is 1. The first kappa shape index (κ1) is 18.8. The van der Waals surface area contributed by atoms with Gasteiger partial charge in [0.2, 0.25) is 5.91 Å². The third-order valence-corrected chi connectivity index (χ3v) is 4.39. The number of aliphatic hydroxyl groups is 1. The van der Waals surface area contributed by atoms with Crippen molar-refractivity contribution in [2.24, 2.45) is 0 Å². The Morgan fingerprint density at radius 1 is 1.28 bits per heavy atom. The first-order valence-corrected chi connectivity index (χ1v) is 9.32. The quantitative estimate of drug-likeness (QED) is 0.477. The standard InChI is InChI=1S/C19H22N6O4/c1-20-16-10-15(22-12-4-2-5-14-18(12)29-9-8-28-14)24-19-13(11-21-25(16)19)23-17(27)6-3-7-26/h2,4-5,10-11,20,26H,3,6-9H2,1H3,(H,22,24)(H,23,27). The lowest BCUT2D eigenvalue weighted by atomic mass is 10.2. The van der Waals surface area contributed by atoms with Crippen LogP contribution in [0.15, 0.2) is 30.5 Å². The second-order valence-electron chi connectivity index (χ2n) is 6.40. The molecular formula is C19H22N6O4. The van der Waals surface area contributed by atoms with Gasteiger partial charge in [0, 0.05) is 26.1 Å². The van der Waals surface area contributed by atoms with Crippen molar-refractivity contribution in [1.29, 1.82) is 0 Å². The van der Waals surface area contributed by atoms with Gasteiger partial charge in [-0.3, -0.25) is 4.79 Å². The Bertz CT molecular complexity index is 1030. The van der Waals surface area contributed by atoms with E-state index in [9.17, 15) is 4.79 Å². The van der Waals surface area contributed by atoms with Gasteiger partial charge >= 0.3 is 0 Å². The zero-order valence-corrected chi connectivity index (χ0v) is 15.9. The Kier molecular flexibility index (Phi) is 5.34. The molecule has 3 aromatic rings. The van der Waals surface area contributed by atoms with E-state index in [4.69, 9.17) is 14.6 Å². The minimum atomic E-state index is -0.206. The molecule has 1 amide bonds. The Labute approximate surface area is 166 Å². The highest BCUT2D eigenvalue weighted by molar-refractivity contribution is 5.94. The van der Waals surface area contributed by atoms with E-state index in [1.54, 1.807) is 23.8 Å². The predicted octanol–water partition coefficient (Wildman–Crippen LogP) is 2.00. The molecule has 2 aromatic heterocycles. The van der Waals surface area contributed by atoms with Crippen molar-refractivity contribution in [3.63, 3.8) is 0 Å². The number of ether oxygens (including phenoxy) is 2. The number of rotatable bonds is 7. The molecule has 4 rings (SSSR count). The monoisotopic (exact) mass is 398 g/mol. The molecule has 1 aliphatic heterocycles. The smallest absolute Gasteiger partial charge is 0.224 e. The van der Waals surface area contributed by atoms with Crippen molar-refractivity contribution in [1.82, 2.24) is 14.6 Å². The van der Waals surface area contributed by atoms with Gasteiger partial charge in [-0.2, -0.15) is 9.61 Å². The van der Waals surface area contributed by atoms with Crippen molar-refractivity contribution in [3.05, 3.63) is 30.5 Å². The SMILES string of the molecule is CNc1cc(Nc2cccc3c2OCCO3)nc2c(NC(=O)CCCO)cnn12. The van der Waals surface area contributed by atoms with Gasteiger partial charge in [-0.1, -0.05) is 6.07 Å². The number of hydrogen-bond donors (Lipinski definition) is 4. The second kappa shape index (κ2) is 8.23. The lowest BCUT2D eigenvalue weighted by Gasteiger charge is -2.21. The van der Waals surface area contributed by atoms with Crippen molar-refractivity contribution in [2.45, 2.75) is 12.8 Å². The summed E-state index contributed by atoms with van der Waals surface area (Å²) in [6.07, 6.45) is 2.16. The zero-order chi connectivity index (χ0) is 20.2. The highest BCUT2D eigenvalue weighted by atomic mass is 16.6. The molecule has 10 heteroatoms. The van der Waals surface area contributed by atoms with Crippen molar-refractivity contribution in [2.75, 3.05) is 42.8 Å². The summed E-state index contributed by atoms with van der Waals surface area (Å²) in [7, 11) is 1.78. The van der Waals surface area contributed by atoms with Crippen LogP contribution in [0.25, 0.3) is 5.65 Å². The number of aromatic nitrogens is 3. The van der Waals surface area contributed by atoms with Crippen LogP contribution in [0.5, 0.6) is 11.5 Å². The van der Waals surface area contributed by atoms with Gasteiger partial charge in [0.1, 0.15) is 30.5 Å². The van der Waals surface area contributed by atoms with Crippen LogP contribution in [-0.4, -0.2) is 52.5 Å². The molecule has 0 radical (unpaired) electrons. The molecule has 0 unspecified atom stereocenters. The van der Waals surface area contributed by atoms with E-state index in [1.165, 1.54) is 0 Å². The van der Waals surface area contributed by atoms with Crippen LogP contribution >= 0.6 is 0 Å². The Balaban J connectivity index is 1.67. The topological polar surface area (TPSA) is 122 Å². The molecule has 0 fully saturated rings. The molecule has 152 valence electrons. The average Bonchev–Trinajstić information content (AvgIpc) is 3.14. The maximum atomic E-state index is 12.1. The van der Waals surface area contributed by atoms with Gasteiger partial charge in [0.05, 0.1) is 11.9 Å². The van der Waals surface area contributed by atoms with Crippen LogP contribution in [0, 0.1) is 0 Å². The molecule has 0 saturated carbocycles. The van der Waals surface area contributed by atoms with Crippen molar-refractivity contribution in [3.8, 4) is 11.5 Å². The molecule has 0 spiro atoms. The number of carbonyl (C=O) groups is 1. The van der Waals surface area contributed by atoms with Crippen molar-refractivity contribution < 1.29 is 19.4 Å². The summed E-state index contributed by atoms with van der Waals surface area (Å²) in [5, 5.41) is 22.3. The summed E-state index contributed by atoms with van der Waals surface area (Å²) in [6, 6.07) is 7.41. The summed E-state index contributed by atoms with van der Waals surface area (Å²) < 4.78 is 13.0. The third-order valence-electron chi connectivity index (χ3n) is 4.39. The third kappa shape index (κ3) is 3.87. The Hall–Kier alpha value is -3.53. The maximum Gasteiger partial charge on any atom is 0.224 e. The number of anilines is 4. The fourth-order valence-corrected chi connectivity index (χ4v) is 3.06. The van der Waals surface area contributed by atoms with Crippen molar-refractivity contribution >= 4 is 34.6 Å². The largest absolute Gasteiger partial charge is 0.486 e. The minimum Gasteiger partial charge on any atom is -0.486 e. The van der Waals surface area contributed by atoms with Gasteiger partial charge in [0.15, 0.2) is 17.1 Å². The van der Waals surface area contributed by atoms with E-state index >= 15 is 0 Å². The summed E-state index contributed by atoms with van der Waals surface area (Å²) in [5.74, 6) is 2.35. The number of nitrogens with zero attached hydrogens (tertiary/aromatic N) is 3. The molecule has 1 aromatic carbocycles. The molecule has 10 nitrogen and oxygen atoms in total. The fourth-order valence-electron chi connectivity index (χ4n) is 3.06. The second-order valence-corrected chi connectivity index (χ2v) is 6.40. The Morgan fingerprint density at radius 2 is 2.14 bits per heavy atom. The molecule has 0 aliphatic carbocycles. The number of nitrogens with one attached hydrogen (secondary N) is 3. The van der Waals surface area contributed by atoms with E-state index in [-0.39, 0.29) is 18.9 Å². The Morgan fingerprint density at radius 3 is 2.97 bits per heavy atom. The fraction of sp³-hybridized carbons (Fsp3) is 0.316. The van der Waals surface area contributed by atoms with Crippen LogP contribution in [-0.2, 0) is 4.79 Å². The number of hydrogen-bond acceptors (Lipinski definition) is 8. The first-order chi connectivity index (χ1) is 14.2. The molecular weight excluding hydrogens is 376 g/mol. The summed E-state index contributed by atoms with van der Waals surface area (Å²) in [5.41, 5.74) is 1.70. The van der Waals surface area contributed by atoms with Gasteiger partial charge in [-0.25, -0.2) is 4.98 Å². The van der Waals surface area contributed by atoms with E-state index in [0.717, 1.165) is 5.69 Å². The highest BCUT2D eigenvalue weighted by Gasteiger charge is 2.18. The van der Waals surface area contributed by atoms with Crippen LogP contribution in [0.4, 0.5) is 23.0 Å². The molecule has 1 aliphatic rings. The number of para-hydroxylation sites is 1. The van der Waals surface area contributed by atoms with E-state index < -0.39 is 0 Å². The molecule has 0 bridgehead atoms. The summed E-state index contributed by atoms with van der Waals surface area (Å²) in [4.78, 5) is 16.7. The molecule has 29 heavy (non-hydrogen) atoms. The predicted molar refractivity (Wildman–Crippen MR) is 108 cm³/mol. The van der Waals surface area contributed by atoms with Gasteiger partial charge in [-0.05, 0) is 18.6 Å². The molecule has 0 saturated heterocycles. The van der Waals surface area contributed by atoms with Crippen LogP contribution in [0.1, 0.15) is 12.8 Å². The number of benzene rings is 1. The first-order valence-electron chi connectivity index (χ1n) is 9.32. The number of amides is 1. The van der Waals surface area contributed by atoms with Gasteiger partial charge in [0.25, 0.3) is 0 Å². The molecule has 3 heterocycles. The molecule has 0 atom stereocenters. The van der Waals surface area contributed by atoms with Gasteiger partial charge in [-0.15, -0.1) is 0 Å². The van der Waals surface area contributed by atoms with Crippen LogP contribution in [0.3, 0.4) is 0 Å². The number of carbonyl (C=O) groups excluding carboxylic acids is 1. The van der Waals surface area contributed by atoms with E-state index in [2.05, 4.69) is 26.0 Å². The molecule has 4 N–H and O–H groups in total. The van der Waals surface area contributed by atoms with E-state index in [0.29, 0.717) is 54.1 Å². The summed E-state index contributed by atoms with van der Waals surface area (Å²) >= 11 is 0.